The Morgan fingerprint density at radius 1 is 1.40 bits per heavy atom. The summed E-state index contributed by atoms with van der Waals surface area (Å²) < 4.78 is 23.7. The van der Waals surface area contributed by atoms with E-state index in [0.717, 1.165) is 13.0 Å². The van der Waals surface area contributed by atoms with Crippen LogP contribution in [0.5, 0.6) is 5.75 Å². The molecule has 0 spiro atoms. The van der Waals surface area contributed by atoms with Crippen molar-refractivity contribution in [3.8, 4) is 5.75 Å². The van der Waals surface area contributed by atoms with Crippen LogP contribution in [0.15, 0.2) is 18.2 Å². The van der Waals surface area contributed by atoms with E-state index in [1.165, 1.54) is 25.3 Å². The van der Waals surface area contributed by atoms with E-state index in [-0.39, 0.29) is 17.2 Å². The van der Waals surface area contributed by atoms with Gasteiger partial charge in [-0.3, -0.25) is 4.79 Å². The maximum absolute atomic E-state index is 13.5. The molecular weight excluding hydrogens is 261 g/mol. The summed E-state index contributed by atoms with van der Waals surface area (Å²) >= 11 is 0. The Bertz CT molecular complexity index is 435. The van der Waals surface area contributed by atoms with E-state index in [1.54, 1.807) is 0 Å². The zero-order valence-electron chi connectivity index (χ0n) is 12.2. The van der Waals surface area contributed by atoms with Gasteiger partial charge in [0.1, 0.15) is 0 Å². The number of ether oxygens (including phenoxy) is 2. The van der Waals surface area contributed by atoms with Crippen LogP contribution in [0.25, 0.3) is 0 Å². The van der Waals surface area contributed by atoms with Crippen molar-refractivity contribution < 1.29 is 18.7 Å². The minimum Gasteiger partial charge on any atom is -0.494 e. The van der Waals surface area contributed by atoms with Crippen LogP contribution in [-0.2, 0) is 4.74 Å². The molecule has 0 fully saturated rings. The first-order valence-corrected chi connectivity index (χ1v) is 6.74. The number of hydrogen-bond donors (Lipinski definition) is 1. The standard InChI is InChI=1S/C15H22FNO3/c1-11(2)10-20-8-4-7-17-15(18)12-5-6-14(19-3)13(16)9-12/h5-6,9,11H,4,7-8,10H2,1-3H3,(H,17,18). The highest BCUT2D eigenvalue weighted by atomic mass is 19.1. The molecule has 0 aliphatic carbocycles. The van der Waals surface area contributed by atoms with Gasteiger partial charge < -0.3 is 14.8 Å². The van der Waals surface area contributed by atoms with E-state index in [2.05, 4.69) is 19.2 Å². The van der Waals surface area contributed by atoms with Crippen LogP contribution >= 0.6 is 0 Å². The first-order chi connectivity index (χ1) is 9.54. The Labute approximate surface area is 119 Å². The summed E-state index contributed by atoms with van der Waals surface area (Å²) in [7, 11) is 1.38. The molecule has 1 aromatic rings. The Morgan fingerprint density at radius 2 is 2.15 bits per heavy atom. The molecule has 0 unspecified atom stereocenters. The fourth-order valence-corrected chi connectivity index (χ4v) is 1.60. The lowest BCUT2D eigenvalue weighted by Gasteiger charge is -2.08. The van der Waals surface area contributed by atoms with Crippen molar-refractivity contribution in [3.63, 3.8) is 0 Å². The van der Waals surface area contributed by atoms with Crippen LogP contribution in [0.3, 0.4) is 0 Å². The smallest absolute Gasteiger partial charge is 0.251 e. The summed E-state index contributed by atoms with van der Waals surface area (Å²) in [5.74, 6) is -0.202. The molecule has 0 atom stereocenters. The van der Waals surface area contributed by atoms with E-state index >= 15 is 0 Å². The molecule has 0 aliphatic heterocycles. The molecular formula is C15H22FNO3. The molecule has 4 nitrogen and oxygen atoms in total. The van der Waals surface area contributed by atoms with E-state index in [4.69, 9.17) is 9.47 Å². The number of methoxy groups -OCH3 is 1. The lowest BCUT2D eigenvalue weighted by molar-refractivity contribution is 0.0924. The van der Waals surface area contributed by atoms with Crippen LogP contribution in [0, 0.1) is 11.7 Å². The van der Waals surface area contributed by atoms with Gasteiger partial charge in [-0.2, -0.15) is 0 Å². The third-order valence-electron chi connectivity index (χ3n) is 2.62. The molecule has 1 aromatic carbocycles. The number of carbonyl (C=O) groups is 1. The highest BCUT2D eigenvalue weighted by molar-refractivity contribution is 5.94. The summed E-state index contributed by atoms with van der Waals surface area (Å²) in [6.45, 7) is 6.00. The summed E-state index contributed by atoms with van der Waals surface area (Å²) in [4.78, 5) is 11.8. The molecule has 1 N–H and O–H groups in total. The maximum atomic E-state index is 13.5. The Balaban J connectivity index is 2.31. The minimum atomic E-state index is -0.541. The van der Waals surface area contributed by atoms with Gasteiger partial charge in [0.25, 0.3) is 5.91 Å². The normalized spacial score (nSPS) is 10.7. The molecule has 1 amide bonds. The lowest BCUT2D eigenvalue weighted by Crippen LogP contribution is -2.25. The molecule has 0 bridgehead atoms. The third-order valence-corrected chi connectivity index (χ3v) is 2.62. The van der Waals surface area contributed by atoms with Crippen LogP contribution in [0.2, 0.25) is 0 Å². The van der Waals surface area contributed by atoms with Crippen molar-refractivity contribution in [2.24, 2.45) is 5.92 Å². The molecule has 0 aromatic heterocycles. The predicted octanol–water partition coefficient (Wildman–Crippen LogP) is 2.63. The quantitative estimate of drug-likeness (QED) is 0.746. The summed E-state index contributed by atoms with van der Waals surface area (Å²) in [6, 6.07) is 4.14. The highest BCUT2D eigenvalue weighted by Crippen LogP contribution is 2.17. The van der Waals surface area contributed by atoms with Crippen molar-refractivity contribution in [2.75, 3.05) is 26.9 Å². The molecule has 1 rings (SSSR count). The average Bonchev–Trinajstić information content (AvgIpc) is 2.42. The number of rotatable bonds is 8. The Kier molecular flexibility index (Phi) is 7.01. The lowest BCUT2D eigenvalue weighted by atomic mass is 10.2. The van der Waals surface area contributed by atoms with Crippen LogP contribution in [0.4, 0.5) is 4.39 Å². The number of hydrogen-bond acceptors (Lipinski definition) is 3. The molecule has 0 heterocycles. The molecule has 0 aliphatic rings. The summed E-state index contributed by atoms with van der Waals surface area (Å²) in [5.41, 5.74) is 0.284. The number of halogens is 1. The van der Waals surface area contributed by atoms with Crippen molar-refractivity contribution in [1.29, 1.82) is 0 Å². The molecule has 20 heavy (non-hydrogen) atoms. The third kappa shape index (κ3) is 5.57. The van der Waals surface area contributed by atoms with Crippen LogP contribution in [-0.4, -0.2) is 32.8 Å². The second-order valence-electron chi connectivity index (χ2n) is 4.93. The largest absolute Gasteiger partial charge is 0.494 e. The first-order valence-electron chi connectivity index (χ1n) is 6.74. The van der Waals surface area contributed by atoms with Gasteiger partial charge in [-0.1, -0.05) is 13.8 Å². The van der Waals surface area contributed by atoms with Gasteiger partial charge in [-0.25, -0.2) is 4.39 Å². The Morgan fingerprint density at radius 3 is 2.75 bits per heavy atom. The van der Waals surface area contributed by atoms with E-state index in [1.807, 2.05) is 0 Å². The van der Waals surface area contributed by atoms with Crippen molar-refractivity contribution in [1.82, 2.24) is 5.32 Å². The van der Waals surface area contributed by atoms with Crippen molar-refractivity contribution >= 4 is 5.91 Å². The van der Waals surface area contributed by atoms with Gasteiger partial charge in [-0.15, -0.1) is 0 Å². The van der Waals surface area contributed by atoms with Gasteiger partial charge in [0.05, 0.1) is 7.11 Å². The van der Waals surface area contributed by atoms with Gasteiger partial charge in [0.2, 0.25) is 0 Å². The van der Waals surface area contributed by atoms with Gasteiger partial charge in [0, 0.05) is 25.3 Å². The number of amides is 1. The van der Waals surface area contributed by atoms with Gasteiger partial charge in [0.15, 0.2) is 11.6 Å². The zero-order valence-corrected chi connectivity index (χ0v) is 12.2. The maximum Gasteiger partial charge on any atom is 0.251 e. The SMILES string of the molecule is COc1ccc(C(=O)NCCCOCC(C)C)cc1F. The monoisotopic (exact) mass is 283 g/mol. The number of benzene rings is 1. The van der Waals surface area contributed by atoms with Gasteiger partial charge >= 0.3 is 0 Å². The molecule has 0 radical (unpaired) electrons. The number of carbonyl (C=O) groups excluding carboxylic acids is 1. The van der Waals surface area contributed by atoms with E-state index in [0.29, 0.717) is 19.1 Å². The predicted molar refractivity (Wildman–Crippen MR) is 75.6 cm³/mol. The van der Waals surface area contributed by atoms with Crippen molar-refractivity contribution in [2.45, 2.75) is 20.3 Å². The molecule has 0 saturated heterocycles. The summed E-state index contributed by atoms with van der Waals surface area (Å²) in [5, 5.41) is 2.73. The average molecular weight is 283 g/mol. The summed E-state index contributed by atoms with van der Waals surface area (Å²) in [6.07, 6.45) is 0.733. The molecule has 5 heteroatoms. The first kappa shape index (κ1) is 16.4. The minimum absolute atomic E-state index is 0.128. The second-order valence-corrected chi connectivity index (χ2v) is 4.93. The fourth-order valence-electron chi connectivity index (χ4n) is 1.60. The van der Waals surface area contributed by atoms with E-state index in [9.17, 15) is 9.18 Å². The number of nitrogens with one attached hydrogen (secondary N) is 1. The Hall–Kier alpha value is -1.62. The fraction of sp³-hybridized carbons (Fsp3) is 0.533. The highest BCUT2D eigenvalue weighted by Gasteiger charge is 2.09. The zero-order chi connectivity index (χ0) is 15.0. The van der Waals surface area contributed by atoms with Crippen LogP contribution in [0.1, 0.15) is 30.6 Å². The topological polar surface area (TPSA) is 47.6 Å². The molecule has 112 valence electrons. The van der Waals surface area contributed by atoms with E-state index < -0.39 is 5.82 Å². The van der Waals surface area contributed by atoms with Gasteiger partial charge in [-0.05, 0) is 30.5 Å². The van der Waals surface area contributed by atoms with Crippen LogP contribution < -0.4 is 10.1 Å². The second kappa shape index (κ2) is 8.53. The molecule has 0 saturated carbocycles. The van der Waals surface area contributed by atoms with Crippen molar-refractivity contribution in [3.05, 3.63) is 29.6 Å².